The van der Waals surface area contributed by atoms with Gasteiger partial charge in [-0.15, -0.1) is 0 Å². The van der Waals surface area contributed by atoms with Crippen LogP contribution in [0.25, 0.3) is 0 Å². The molecule has 1 rings (SSSR count). The van der Waals surface area contributed by atoms with Crippen molar-refractivity contribution in [3.05, 3.63) is 12.2 Å². The molecule has 1 heterocycles. The Bertz CT molecular complexity index is 175. The van der Waals surface area contributed by atoms with Gasteiger partial charge in [-0.3, -0.25) is 0 Å². The minimum Gasteiger partial charge on any atom is -0.381 e. The second-order valence-electron chi connectivity index (χ2n) is 4.44. The zero-order chi connectivity index (χ0) is 10.4. The van der Waals surface area contributed by atoms with Crippen molar-refractivity contribution in [2.75, 3.05) is 26.4 Å². The Balaban J connectivity index is 2.07. The fourth-order valence-electron chi connectivity index (χ4n) is 1.46. The standard InChI is InChI=1S/C12H22O2/c1-10(2)4-6-13-8-12-9-14-7-5-11(12)3/h10,12H,3-9H2,1-2H3. The van der Waals surface area contributed by atoms with E-state index in [1.165, 1.54) is 5.57 Å². The molecule has 82 valence electrons. The second kappa shape index (κ2) is 6.20. The van der Waals surface area contributed by atoms with Gasteiger partial charge in [-0.25, -0.2) is 0 Å². The summed E-state index contributed by atoms with van der Waals surface area (Å²) in [4.78, 5) is 0. The Hall–Kier alpha value is -0.340. The molecule has 0 N–H and O–H groups in total. The van der Waals surface area contributed by atoms with Crippen LogP contribution in [0, 0.1) is 11.8 Å². The van der Waals surface area contributed by atoms with Gasteiger partial charge in [0.25, 0.3) is 0 Å². The van der Waals surface area contributed by atoms with Crippen LogP contribution in [-0.2, 0) is 9.47 Å². The Morgan fingerprint density at radius 3 is 3.00 bits per heavy atom. The summed E-state index contributed by atoms with van der Waals surface area (Å²) < 4.78 is 11.0. The van der Waals surface area contributed by atoms with E-state index in [-0.39, 0.29) is 0 Å². The number of rotatable bonds is 5. The smallest absolute Gasteiger partial charge is 0.0553 e. The maximum absolute atomic E-state index is 5.61. The van der Waals surface area contributed by atoms with Gasteiger partial charge < -0.3 is 9.47 Å². The summed E-state index contributed by atoms with van der Waals surface area (Å²) in [7, 11) is 0. The molecule has 0 spiro atoms. The number of hydrogen-bond acceptors (Lipinski definition) is 2. The largest absolute Gasteiger partial charge is 0.381 e. The summed E-state index contributed by atoms with van der Waals surface area (Å²) in [5.41, 5.74) is 1.29. The quantitative estimate of drug-likeness (QED) is 0.499. The molecule has 1 atom stereocenters. The summed E-state index contributed by atoms with van der Waals surface area (Å²) >= 11 is 0. The summed E-state index contributed by atoms with van der Waals surface area (Å²) in [6.07, 6.45) is 2.14. The minimum atomic E-state index is 0.427. The topological polar surface area (TPSA) is 18.5 Å². The van der Waals surface area contributed by atoms with E-state index < -0.39 is 0 Å². The molecule has 1 aliphatic rings. The summed E-state index contributed by atoms with van der Waals surface area (Å²) in [6.45, 7) is 11.8. The third kappa shape index (κ3) is 4.25. The highest BCUT2D eigenvalue weighted by atomic mass is 16.5. The van der Waals surface area contributed by atoms with Crippen LogP contribution in [0.3, 0.4) is 0 Å². The molecule has 14 heavy (non-hydrogen) atoms. The highest BCUT2D eigenvalue weighted by Crippen LogP contribution is 2.19. The molecular formula is C12H22O2. The normalized spacial score (nSPS) is 23.1. The average Bonchev–Trinajstić information content (AvgIpc) is 2.15. The summed E-state index contributed by atoms with van der Waals surface area (Å²) in [5.74, 6) is 1.15. The van der Waals surface area contributed by atoms with Crippen molar-refractivity contribution in [2.24, 2.45) is 11.8 Å². The molecule has 1 aliphatic heterocycles. The Morgan fingerprint density at radius 1 is 1.57 bits per heavy atom. The van der Waals surface area contributed by atoms with Crippen molar-refractivity contribution >= 4 is 0 Å². The van der Waals surface area contributed by atoms with Crippen LogP contribution in [-0.4, -0.2) is 26.4 Å². The van der Waals surface area contributed by atoms with E-state index >= 15 is 0 Å². The van der Waals surface area contributed by atoms with Crippen molar-refractivity contribution < 1.29 is 9.47 Å². The van der Waals surface area contributed by atoms with Crippen LogP contribution in [0.5, 0.6) is 0 Å². The van der Waals surface area contributed by atoms with Gasteiger partial charge in [0.05, 0.1) is 19.8 Å². The fourth-order valence-corrected chi connectivity index (χ4v) is 1.46. The lowest BCUT2D eigenvalue weighted by atomic mass is 9.98. The van der Waals surface area contributed by atoms with Gasteiger partial charge in [0.1, 0.15) is 0 Å². The van der Waals surface area contributed by atoms with Gasteiger partial charge in [-0.2, -0.15) is 0 Å². The van der Waals surface area contributed by atoms with Gasteiger partial charge in [-0.1, -0.05) is 26.0 Å². The van der Waals surface area contributed by atoms with Crippen LogP contribution in [0.2, 0.25) is 0 Å². The second-order valence-corrected chi connectivity index (χ2v) is 4.44. The molecule has 0 bridgehead atoms. The van der Waals surface area contributed by atoms with Crippen LogP contribution < -0.4 is 0 Å². The van der Waals surface area contributed by atoms with E-state index in [9.17, 15) is 0 Å². The molecule has 0 saturated carbocycles. The van der Waals surface area contributed by atoms with Crippen molar-refractivity contribution in [3.8, 4) is 0 Å². The van der Waals surface area contributed by atoms with Gasteiger partial charge in [0, 0.05) is 12.5 Å². The maximum Gasteiger partial charge on any atom is 0.0553 e. The molecule has 1 unspecified atom stereocenters. The monoisotopic (exact) mass is 198 g/mol. The molecule has 0 aromatic heterocycles. The first-order valence-electron chi connectivity index (χ1n) is 5.53. The first kappa shape index (κ1) is 11.7. The molecule has 1 fully saturated rings. The number of ether oxygens (including phenoxy) is 2. The Kier molecular flexibility index (Phi) is 5.20. The van der Waals surface area contributed by atoms with Gasteiger partial charge in [0.2, 0.25) is 0 Å². The maximum atomic E-state index is 5.61. The van der Waals surface area contributed by atoms with Crippen molar-refractivity contribution in [2.45, 2.75) is 26.7 Å². The average molecular weight is 198 g/mol. The van der Waals surface area contributed by atoms with E-state index in [1.54, 1.807) is 0 Å². The molecule has 0 radical (unpaired) electrons. The first-order chi connectivity index (χ1) is 6.70. The summed E-state index contributed by atoms with van der Waals surface area (Å²) in [6, 6.07) is 0. The lowest BCUT2D eigenvalue weighted by Gasteiger charge is -2.24. The fraction of sp³-hybridized carbons (Fsp3) is 0.833. The predicted molar refractivity (Wildman–Crippen MR) is 58.3 cm³/mol. The van der Waals surface area contributed by atoms with E-state index in [0.717, 1.165) is 45.2 Å². The number of hydrogen-bond donors (Lipinski definition) is 0. The zero-order valence-electron chi connectivity index (χ0n) is 9.42. The van der Waals surface area contributed by atoms with Crippen LogP contribution in [0.4, 0.5) is 0 Å². The van der Waals surface area contributed by atoms with Gasteiger partial charge in [-0.05, 0) is 18.8 Å². The lowest BCUT2D eigenvalue weighted by Crippen LogP contribution is -2.24. The molecule has 2 heteroatoms. The SMILES string of the molecule is C=C1CCOCC1COCCC(C)C. The minimum absolute atomic E-state index is 0.427. The summed E-state index contributed by atoms with van der Waals surface area (Å²) in [5, 5.41) is 0. The van der Waals surface area contributed by atoms with Crippen molar-refractivity contribution in [3.63, 3.8) is 0 Å². The third-order valence-corrected chi connectivity index (χ3v) is 2.62. The van der Waals surface area contributed by atoms with Gasteiger partial charge in [0.15, 0.2) is 0 Å². The van der Waals surface area contributed by atoms with Crippen LogP contribution >= 0.6 is 0 Å². The van der Waals surface area contributed by atoms with Crippen LogP contribution in [0.15, 0.2) is 12.2 Å². The molecule has 2 nitrogen and oxygen atoms in total. The van der Waals surface area contributed by atoms with E-state index in [1.807, 2.05) is 0 Å². The Morgan fingerprint density at radius 2 is 2.36 bits per heavy atom. The van der Waals surface area contributed by atoms with E-state index in [0.29, 0.717) is 5.92 Å². The highest BCUT2D eigenvalue weighted by Gasteiger charge is 2.17. The van der Waals surface area contributed by atoms with E-state index in [4.69, 9.17) is 9.47 Å². The third-order valence-electron chi connectivity index (χ3n) is 2.62. The van der Waals surface area contributed by atoms with Crippen molar-refractivity contribution in [1.29, 1.82) is 0 Å². The van der Waals surface area contributed by atoms with E-state index in [2.05, 4.69) is 20.4 Å². The zero-order valence-corrected chi connectivity index (χ0v) is 9.42. The molecule has 0 aromatic carbocycles. The lowest BCUT2D eigenvalue weighted by molar-refractivity contribution is 0.0296. The van der Waals surface area contributed by atoms with Gasteiger partial charge >= 0.3 is 0 Å². The Labute approximate surface area is 87.3 Å². The molecular weight excluding hydrogens is 176 g/mol. The van der Waals surface area contributed by atoms with Crippen molar-refractivity contribution in [1.82, 2.24) is 0 Å². The first-order valence-corrected chi connectivity index (χ1v) is 5.53. The van der Waals surface area contributed by atoms with Crippen LogP contribution in [0.1, 0.15) is 26.7 Å². The molecule has 0 aliphatic carbocycles. The molecule has 0 amide bonds. The molecule has 0 aromatic rings. The highest BCUT2D eigenvalue weighted by molar-refractivity contribution is 5.02. The predicted octanol–water partition coefficient (Wildman–Crippen LogP) is 2.64. The molecule has 1 saturated heterocycles.